The molecule has 2 N–H and O–H groups in total. The van der Waals surface area contributed by atoms with Crippen LogP contribution in [0.1, 0.15) is 5.56 Å². The normalized spacial score (nSPS) is 10.5. The molecule has 3 rings (SSSR count). The van der Waals surface area contributed by atoms with Crippen LogP contribution in [0.5, 0.6) is 11.5 Å². The van der Waals surface area contributed by atoms with Crippen molar-refractivity contribution < 1.29 is 18.7 Å². The van der Waals surface area contributed by atoms with Crippen LogP contribution in [0.2, 0.25) is 0 Å². The monoisotopic (exact) mass is 377 g/mol. The quantitative estimate of drug-likeness (QED) is 0.404. The molecule has 0 aromatic heterocycles. The maximum absolute atomic E-state index is 13.4. The van der Waals surface area contributed by atoms with Crippen molar-refractivity contribution in [2.75, 3.05) is 5.32 Å². The van der Waals surface area contributed by atoms with E-state index in [1.165, 1.54) is 18.2 Å². The molecule has 7 heteroatoms. The lowest BCUT2D eigenvalue weighted by atomic mass is 10.2. The molecule has 0 aliphatic rings. The lowest BCUT2D eigenvalue weighted by molar-refractivity contribution is -0.136. The third-order valence-electron chi connectivity index (χ3n) is 3.57. The van der Waals surface area contributed by atoms with Crippen molar-refractivity contribution in [1.29, 1.82) is 0 Å². The Morgan fingerprint density at radius 3 is 2.18 bits per heavy atom. The number of ether oxygens (including phenoxy) is 1. The lowest BCUT2D eigenvalue weighted by Crippen LogP contribution is -2.32. The first-order chi connectivity index (χ1) is 13.6. The number of hydrazone groups is 1. The molecule has 6 nitrogen and oxygen atoms in total. The number of halogens is 1. The average molecular weight is 377 g/mol. The van der Waals surface area contributed by atoms with Crippen molar-refractivity contribution in [2.24, 2.45) is 5.10 Å². The first kappa shape index (κ1) is 18.8. The molecule has 0 heterocycles. The number of anilines is 1. The van der Waals surface area contributed by atoms with Crippen LogP contribution in [-0.2, 0) is 9.59 Å². The van der Waals surface area contributed by atoms with Gasteiger partial charge in [0, 0.05) is 11.3 Å². The van der Waals surface area contributed by atoms with Gasteiger partial charge in [-0.2, -0.15) is 5.10 Å². The topological polar surface area (TPSA) is 79.8 Å². The Morgan fingerprint density at radius 1 is 0.821 bits per heavy atom. The predicted molar refractivity (Wildman–Crippen MR) is 104 cm³/mol. The van der Waals surface area contributed by atoms with Crippen LogP contribution in [-0.4, -0.2) is 18.0 Å². The zero-order chi connectivity index (χ0) is 19.8. The molecule has 28 heavy (non-hydrogen) atoms. The zero-order valence-corrected chi connectivity index (χ0v) is 14.6. The number of hydrogen-bond acceptors (Lipinski definition) is 4. The molecule has 0 saturated carbocycles. The van der Waals surface area contributed by atoms with Crippen LogP contribution in [0.15, 0.2) is 84.0 Å². The van der Waals surface area contributed by atoms with Gasteiger partial charge in [0.15, 0.2) is 0 Å². The Morgan fingerprint density at radius 2 is 1.46 bits per heavy atom. The number of amides is 2. The minimum absolute atomic E-state index is 0.192. The van der Waals surface area contributed by atoms with Gasteiger partial charge in [-0.1, -0.05) is 36.4 Å². The minimum atomic E-state index is -0.975. The van der Waals surface area contributed by atoms with Gasteiger partial charge in [0.25, 0.3) is 0 Å². The number of nitrogens with one attached hydrogen (secondary N) is 2. The lowest BCUT2D eigenvalue weighted by Gasteiger charge is -2.07. The summed E-state index contributed by atoms with van der Waals surface area (Å²) in [4.78, 5) is 23.7. The van der Waals surface area contributed by atoms with Crippen LogP contribution in [0, 0.1) is 5.82 Å². The molecule has 0 aliphatic carbocycles. The highest BCUT2D eigenvalue weighted by atomic mass is 19.1. The Kier molecular flexibility index (Phi) is 6.10. The third kappa shape index (κ3) is 5.25. The molecule has 140 valence electrons. The fraction of sp³-hybridized carbons (Fsp3) is 0. The van der Waals surface area contributed by atoms with Crippen LogP contribution in [0.4, 0.5) is 10.1 Å². The van der Waals surface area contributed by atoms with Gasteiger partial charge in [0.2, 0.25) is 0 Å². The van der Waals surface area contributed by atoms with E-state index in [0.717, 1.165) is 6.21 Å². The van der Waals surface area contributed by atoms with Crippen molar-refractivity contribution in [1.82, 2.24) is 5.43 Å². The van der Waals surface area contributed by atoms with Crippen molar-refractivity contribution in [2.45, 2.75) is 0 Å². The SMILES string of the molecule is O=C(N/N=C\c1ccccc1F)C(=O)Nc1ccc(Oc2ccccc2)cc1. The van der Waals surface area contributed by atoms with Gasteiger partial charge >= 0.3 is 11.8 Å². The van der Waals surface area contributed by atoms with E-state index >= 15 is 0 Å². The number of carbonyl (C=O) groups is 2. The summed E-state index contributed by atoms with van der Waals surface area (Å²) < 4.78 is 19.1. The number of carbonyl (C=O) groups excluding carboxylic acids is 2. The molecule has 0 unspecified atom stereocenters. The molecule has 0 bridgehead atoms. The molecule has 3 aromatic rings. The summed E-state index contributed by atoms with van der Waals surface area (Å²) >= 11 is 0. The second kappa shape index (κ2) is 9.09. The highest BCUT2D eigenvalue weighted by Gasteiger charge is 2.13. The Labute approximate surface area is 160 Å². The molecule has 0 spiro atoms. The second-order valence-corrected chi connectivity index (χ2v) is 5.61. The van der Waals surface area contributed by atoms with Crippen LogP contribution in [0.25, 0.3) is 0 Å². The van der Waals surface area contributed by atoms with E-state index < -0.39 is 17.6 Å². The predicted octanol–water partition coefficient (Wildman–Crippen LogP) is 3.71. The number of para-hydroxylation sites is 1. The first-order valence-corrected chi connectivity index (χ1v) is 8.34. The Hall–Kier alpha value is -4.00. The van der Waals surface area contributed by atoms with E-state index in [-0.39, 0.29) is 5.56 Å². The fourth-order valence-corrected chi connectivity index (χ4v) is 2.21. The van der Waals surface area contributed by atoms with Crippen molar-refractivity contribution in [3.8, 4) is 11.5 Å². The van der Waals surface area contributed by atoms with Gasteiger partial charge < -0.3 is 10.1 Å². The average Bonchev–Trinajstić information content (AvgIpc) is 2.71. The molecular weight excluding hydrogens is 361 g/mol. The molecule has 0 radical (unpaired) electrons. The second-order valence-electron chi connectivity index (χ2n) is 5.61. The third-order valence-corrected chi connectivity index (χ3v) is 3.57. The van der Waals surface area contributed by atoms with Gasteiger partial charge in [-0.25, -0.2) is 9.82 Å². The minimum Gasteiger partial charge on any atom is -0.457 e. The highest BCUT2D eigenvalue weighted by molar-refractivity contribution is 6.39. The van der Waals surface area contributed by atoms with Gasteiger partial charge in [-0.15, -0.1) is 0 Å². The highest BCUT2D eigenvalue weighted by Crippen LogP contribution is 2.22. The van der Waals surface area contributed by atoms with E-state index in [0.29, 0.717) is 17.2 Å². The molecule has 0 fully saturated rings. The number of nitrogens with zero attached hydrogens (tertiary/aromatic N) is 1. The number of rotatable bonds is 5. The number of benzene rings is 3. The first-order valence-electron chi connectivity index (χ1n) is 8.34. The summed E-state index contributed by atoms with van der Waals surface area (Å²) in [7, 11) is 0. The molecule has 2 amide bonds. The largest absolute Gasteiger partial charge is 0.457 e. The van der Waals surface area contributed by atoms with Crippen molar-refractivity contribution in [3.05, 3.63) is 90.2 Å². The van der Waals surface area contributed by atoms with E-state index in [1.807, 2.05) is 35.8 Å². The Bertz CT molecular complexity index is 989. The van der Waals surface area contributed by atoms with Crippen LogP contribution < -0.4 is 15.5 Å². The molecule has 3 aromatic carbocycles. The molecular formula is C21H16FN3O3. The van der Waals surface area contributed by atoms with E-state index in [9.17, 15) is 14.0 Å². The molecule has 0 saturated heterocycles. The maximum Gasteiger partial charge on any atom is 0.329 e. The summed E-state index contributed by atoms with van der Waals surface area (Å²) in [5, 5.41) is 6.02. The van der Waals surface area contributed by atoms with Gasteiger partial charge in [0.1, 0.15) is 17.3 Å². The van der Waals surface area contributed by atoms with Crippen molar-refractivity contribution in [3.63, 3.8) is 0 Å². The summed E-state index contributed by atoms with van der Waals surface area (Å²) in [5.74, 6) is -1.09. The fourth-order valence-electron chi connectivity index (χ4n) is 2.21. The van der Waals surface area contributed by atoms with Gasteiger partial charge in [-0.05, 0) is 42.5 Å². The van der Waals surface area contributed by atoms with E-state index in [4.69, 9.17) is 4.74 Å². The van der Waals surface area contributed by atoms with Crippen LogP contribution >= 0.6 is 0 Å². The zero-order valence-electron chi connectivity index (χ0n) is 14.6. The summed E-state index contributed by atoms with van der Waals surface area (Å²) in [6.07, 6.45) is 1.12. The summed E-state index contributed by atoms with van der Waals surface area (Å²) in [5.41, 5.74) is 2.66. The summed E-state index contributed by atoms with van der Waals surface area (Å²) in [6.45, 7) is 0. The van der Waals surface area contributed by atoms with Crippen LogP contribution in [0.3, 0.4) is 0 Å². The van der Waals surface area contributed by atoms with Crippen molar-refractivity contribution >= 4 is 23.7 Å². The van der Waals surface area contributed by atoms with Gasteiger partial charge in [0.05, 0.1) is 6.21 Å². The van der Waals surface area contributed by atoms with E-state index in [2.05, 4.69) is 10.4 Å². The van der Waals surface area contributed by atoms with Gasteiger partial charge in [-0.3, -0.25) is 9.59 Å². The summed E-state index contributed by atoms with van der Waals surface area (Å²) in [6, 6.07) is 21.7. The smallest absolute Gasteiger partial charge is 0.329 e. The molecule has 0 aliphatic heterocycles. The van der Waals surface area contributed by atoms with E-state index in [1.54, 1.807) is 30.3 Å². The maximum atomic E-state index is 13.4. The Balaban J connectivity index is 1.52. The standard InChI is InChI=1S/C21H16FN3O3/c22-19-9-5-4-6-15(19)14-23-25-21(27)20(26)24-16-10-12-18(13-11-16)28-17-7-2-1-3-8-17/h1-14H,(H,24,26)(H,25,27)/b23-14-. The number of hydrogen-bond donors (Lipinski definition) is 2. The molecule has 0 atom stereocenters.